The summed E-state index contributed by atoms with van der Waals surface area (Å²) in [5.41, 5.74) is 4.43. The van der Waals surface area contributed by atoms with E-state index >= 15 is 0 Å². The highest BCUT2D eigenvalue weighted by Gasteiger charge is 2.29. The summed E-state index contributed by atoms with van der Waals surface area (Å²) in [6.07, 6.45) is 3.77. The molecule has 1 aromatic heterocycles. The predicted octanol–water partition coefficient (Wildman–Crippen LogP) is 3.70. The van der Waals surface area contributed by atoms with E-state index in [4.69, 9.17) is 11.6 Å². The van der Waals surface area contributed by atoms with Gasteiger partial charge < -0.3 is 9.88 Å². The number of benzene rings is 1. The Morgan fingerprint density at radius 1 is 1.33 bits per heavy atom. The van der Waals surface area contributed by atoms with Crippen molar-refractivity contribution in [2.75, 3.05) is 6.54 Å². The third-order valence-corrected chi connectivity index (χ3v) is 4.39. The van der Waals surface area contributed by atoms with Gasteiger partial charge in [0.1, 0.15) is 0 Å². The number of hydrogen-bond donors (Lipinski definition) is 1. The van der Waals surface area contributed by atoms with E-state index in [2.05, 4.69) is 22.0 Å². The lowest BCUT2D eigenvalue weighted by atomic mass is 9.91. The molecule has 0 saturated heterocycles. The normalized spacial score (nSPS) is 21.5. The van der Waals surface area contributed by atoms with Gasteiger partial charge in [-0.15, -0.1) is 12.4 Å². The Balaban J connectivity index is 0.000001000. The van der Waals surface area contributed by atoms with Gasteiger partial charge in [-0.05, 0) is 43.0 Å². The molecule has 0 bridgehead atoms. The molecule has 2 aromatic rings. The summed E-state index contributed by atoms with van der Waals surface area (Å²) in [6, 6.07) is 6.90. The van der Waals surface area contributed by atoms with Gasteiger partial charge in [-0.1, -0.05) is 11.6 Å². The van der Waals surface area contributed by atoms with Crippen LogP contribution in [-0.2, 0) is 13.0 Å². The van der Waals surface area contributed by atoms with Crippen LogP contribution in [0.5, 0.6) is 0 Å². The van der Waals surface area contributed by atoms with Gasteiger partial charge in [-0.25, -0.2) is 0 Å². The van der Waals surface area contributed by atoms with Gasteiger partial charge in [-0.2, -0.15) is 0 Å². The summed E-state index contributed by atoms with van der Waals surface area (Å²) in [5, 5.41) is 5.87. The number of rotatable bonds is 0. The molecule has 0 saturated carbocycles. The van der Waals surface area contributed by atoms with Crippen molar-refractivity contribution in [3.63, 3.8) is 0 Å². The maximum atomic E-state index is 6.14. The molecule has 0 spiro atoms. The molecule has 1 atom stereocenters. The molecule has 0 radical (unpaired) electrons. The van der Waals surface area contributed by atoms with Gasteiger partial charge in [-0.3, -0.25) is 0 Å². The van der Waals surface area contributed by atoms with Crippen LogP contribution in [0.15, 0.2) is 18.2 Å². The quantitative estimate of drug-likeness (QED) is 0.780. The van der Waals surface area contributed by atoms with Crippen molar-refractivity contribution in [3.05, 3.63) is 34.5 Å². The number of fused-ring (bicyclic) bond motifs is 3. The van der Waals surface area contributed by atoms with Crippen LogP contribution in [0, 0.1) is 0 Å². The Morgan fingerprint density at radius 3 is 3.11 bits per heavy atom. The van der Waals surface area contributed by atoms with Crippen LogP contribution < -0.4 is 5.32 Å². The molecule has 0 amide bonds. The molecule has 4 heteroatoms. The fourth-order valence-electron chi connectivity index (χ4n) is 3.49. The van der Waals surface area contributed by atoms with Crippen molar-refractivity contribution >= 4 is 34.9 Å². The summed E-state index contributed by atoms with van der Waals surface area (Å²) in [6.45, 7) is 2.17. The lowest BCUT2D eigenvalue weighted by Gasteiger charge is -2.31. The van der Waals surface area contributed by atoms with Gasteiger partial charge in [0, 0.05) is 40.8 Å². The van der Waals surface area contributed by atoms with Crippen LogP contribution in [0.3, 0.4) is 0 Å². The number of halogens is 2. The number of nitrogens with zero attached hydrogens (tertiary/aromatic N) is 1. The van der Waals surface area contributed by atoms with Crippen molar-refractivity contribution in [1.82, 2.24) is 9.88 Å². The molecule has 0 fully saturated rings. The molecular formula is C14H16Cl2N2. The fraction of sp³-hybridized carbons (Fsp3) is 0.429. The maximum Gasteiger partial charge on any atom is 0.0487 e. The third kappa shape index (κ3) is 1.59. The lowest BCUT2D eigenvalue weighted by Crippen LogP contribution is -2.35. The highest BCUT2D eigenvalue weighted by atomic mass is 35.5. The van der Waals surface area contributed by atoms with Crippen LogP contribution in [0.4, 0.5) is 0 Å². The van der Waals surface area contributed by atoms with Crippen LogP contribution in [0.1, 0.15) is 30.1 Å². The van der Waals surface area contributed by atoms with Gasteiger partial charge in [0.2, 0.25) is 0 Å². The Hall–Kier alpha value is -0.700. The molecule has 2 heterocycles. The Kier molecular flexibility index (Phi) is 3.05. The van der Waals surface area contributed by atoms with E-state index in [1.165, 1.54) is 41.4 Å². The molecule has 2 aliphatic rings. The monoisotopic (exact) mass is 282 g/mol. The van der Waals surface area contributed by atoms with Gasteiger partial charge in [0.25, 0.3) is 0 Å². The van der Waals surface area contributed by atoms with Crippen molar-refractivity contribution in [1.29, 1.82) is 0 Å². The summed E-state index contributed by atoms with van der Waals surface area (Å²) in [5.74, 6) is 0. The second-order valence-corrected chi connectivity index (χ2v) is 5.51. The standard InChI is InChI=1S/C14H15ClN2.ClH/c15-9-4-5-13-11(8-9)10-2-1-3-12-14(10)17(13)7-6-16-12;/h4-5,8,12,16H,1-3,6-7H2;1H. The third-order valence-electron chi connectivity index (χ3n) is 4.15. The molecule has 1 unspecified atom stereocenters. The molecular weight excluding hydrogens is 267 g/mol. The minimum atomic E-state index is 0. The van der Waals surface area contributed by atoms with Crippen LogP contribution >= 0.6 is 24.0 Å². The number of aromatic nitrogens is 1. The van der Waals surface area contributed by atoms with Gasteiger partial charge >= 0.3 is 0 Å². The van der Waals surface area contributed by atoms with Gasteiger partial charge in [0.05, 0.1) is 0 Å². The summed E-state index contributed by atoms with van der Waals surface area (Å²) in [7, 11) is 0. The van der Waals surface area contributed by atoms with E-state index in [1.807, 2.05) is 6.07 Å². The highest BCUT2D eigenvalue weighted by molar-refractivity contribution is 6.31. The first-order valence-corrected chi connectivity index (χ1v) is 6.76. The molecule has 2 nitrogen and oxygen atoms in total. The molecule has 1 aromatic carbocycles. The first-order valence-electron chi connectivity index (χ1n) is 6.38. The Bertz CT molecular complexity index is 601. The van der Waals surface area contributed by atoms with Crippen molar-refractivity contribution < 1.29 is 0 Å². The molecule has 1 aliphatic carbocycles. The number of hydrogen-bond acceptors (Lipinski definition) is 1. The zero-order chi connectivity index (χ0) is 11.4. The average molecular weight is 283 g/mol. The predicted molar refractivity (Wildman–Crippen MR) is 77.9 cm³/mol. The second-order valence-electron chi connectivity index (χ2n) is 5.08. The molecule has 1 N–H and O–H groups in total. The minimum Gasteiger partial charge on any atom is -0.342 e. The van der Waals surface area contributed by atoms with E-state index in [0.29, 0.717) is 6.04 Å². The zero-order valence-electron chi connectivity index (χ0n) is 10.1. The second kappa shape index (κ2) is 4.44. The largest absolute Gasteiger partial charge is 0.342 e. The summed E-state index contributed by atoms with van der Waals surface area (Å²) >= 11 is 6.14. The number of aryl methyl sites for hydroxylation is 1. The van der Waals surface area contributed by atoms with Crippen molar-refractivity contribution in [3.8, 4) is 0 Å². The summed E-state index contributed by atoms with van der Waals surface area (Å²) < 4.78 is 2.50. The molecule has 4 rings (SSSR count). The van der Waals surface area contributed by atoms with Crippen molar-refractivity contribution in [2.45, 2.75) is 31.8 Å². The maximum absolute atomic E-state index is 6.14. The first-order chi connectivity index (χ1) is 8.34. The van der Waals surface area contributed by atoms with E-state index < -0.39 is 0 Å². The average Bonchev–Trinajstić information content (AvgIpc) is 2.67. The molecule has 1 aliphatic heterocycles. The van der Waals surface area contributed by atoms with E-state index in [1.54, 1.807) is 0 Å². The summed E-state index contributed by atoms with van der Waals surface area (Å²) in [4.78, 5) is 0. The van der Waals surface area contributed by atoms with E-state index in [0.717, 1.165) is 18.1 Å². The molecule has 96 valence electrons. The Morgan fingerprint density at radius 2 is 2.22 bits per heavy atom. The highest BCUT2D eigenvalue weighted by Crippen LogP contribution is 2.39. The SMILES string of the molecule is Cl.Clc1ccc2c(c1)c1c3n2CCNC3CCC1. The van der Waals surface area contributed by atoms with Crippen molar-refractivity contribution in [2.24, 2.45) is 0 Å². The Labute approximate surface area is 118 Å². The van der Waals surface area contributed by atoms with Crippen LogP contribution in [0.2, 0.25) is 5.02 Å². The van der Waals surface area contributed by atoms with E-state index in [-0.39, 0.29) is 12.4 Å². The number of nitrogens with one attached hydrogen (secondary N) is 1. The van der Waals surface area contributed by atoms with Gasteiger partial charge in [0.15, 0.2) is 0 Å². The fourth-order valence-corrected chi connectivity index (χ4v) is 3.66. The van der Waals surface area contributed by atoms with E-state index in [9.17, 15) is 0 Å². The lowest BCUT2D eigenvalue weighted by molar-refractivity contribution is 0.384. The molecule has 18 heavy (non-hydrogen) atoms. The van der Waals surface area contributed by atoms with Crippen LogP contribution in [0.25, 0.3) is 10.9 Å². The topological polar surface area (TPSA) is 17.0 Å². The minimum absolute atomic E-state index is 0. The zero-order valence-corrected chi connectivity index (χ0v) is 11.7. The first kappa shape index (κ1) is 12.3. The van der Waals surface area contributed by atoms with Crippen LogP contribution in [-0.4, -0.2) is 11.1 Å². The smallest absolute Gasteiger partial charge is 0.0487 e.